The average Bonchev–Trinajstić information content (AvgIpc) is 2.46. The highest BCUT2D eigenvalue weighted by Crippen LogP contribution is 2.31. The van der Waals surface area contributed by atoms with Gasteiger partial charge in [-0.05, 0) is 42.5 Å². The van der Waals surface area contributed by atoms with Crippen molar-refractivity contribution in [3.63, 3.8) is 0 Å². The van der Waals surface area contributed by atoms with Gasteiger partial charge in [-0.1, -0.05) is 6.42 Å². The monoisotopic (exact) mass is 224 g/mol. The SMILES string of the molecule is O=C1CCCCC(c2cc(F)ccc2F)C1. The van der Waals surface area contributed by atoms with Crippen LogP contribution < -0.4 is 0 Å². The lowest BCUT2D eigenvalue weighted by Crippen LogP contribution is -2.06. The number of rotatable bonds is 1. The highest BCUT2D eigenvalue weighted by molar-refractivity contribution is 5.79. The van der Waals surface area contributed by atoms with Crippen LogP contribution in [0.1, 0.15) is 43.6 Å². The first kappa shape index (κ1) is 11.2. The predicted molar refractivity (Wildman–Crippen MR) is 57.2 cm³/mol. The molecule has 0 spiro atoms. The summed E-state index contributed by atoms with van der Waals surface area (Å²) in [5, 5.41) is 0. The molecule has 86 valence electrons. The summed E-state index contributed by atoms with van der Waals surface area (Å²) < 4.78 is 26.6. The number of ketones is 1. The average molecular weight is 224 g/mol. The highest BCUT2D eigenvalue weighted by atomic mass is 19.1. The van der Waals surface area contributed by atoms with Gasteiger partial charge in [-0.25, -0.2) is 8.78 Å². The molecular formula is C13H14F2O. The van der Waals surface area contributed by atoms with Gasteiger partial charge < -0.3 is 0 Å². The quantitative estimate of drug-likeness (QED) is 0.666. The minimum absolute atomic E-state index is 0.148. The molecule has 0 amide bonds. The first-order chi connectivity index (χ1) is 7.66. The molecule has 1 aliphatic rings. The minimum Gasteiger partial charge on any atom is -0.300 e. The molecule has 1 nitrogen and oxygen atoms in total. The van der Waals surface area contributed by atoms with Crippen molar-refractivity contribution in [3.8, 4) is 0 Å². The van der Waals surface area contributed by atoms with Crippen LogP contribution in [0.15, 0.2) is 18.2 Å². The molecule has 1 aliphatic carbocycles. The number of Topliss-reactive ketones (excluding diaryl/α,β-unsaturated/α-hetero) is 1. The fraction of sp³-hybridized carbons (Fsp3) is 0.462. The van der Waals surface area contributed by atoms with Crippen molar-refractivity contribution in [2.45, 2.75) is 38.0 Å². The molecule has 1 unspecified atom stereocenters. The standard InChI is InChI=1S/C13H14F2O/c14-10-5-6-13(15)12(8-10)9-3-1-2-4-11(16)7-9/h5-6,8-9H,1-4,7H2. The number of hydrogen-bond acceptors (Lipinski definition) is 1. The zero-order valence-corrected chi connectivity index (χ0v) is 9.01. The molecule has 0 heterocycles. The van der Waals surface area contributed by atoms with E-state index in [9.17, 15) is 13.6 Å². The zero-order chi connectivity index (χ0) is 11.5. The maximum Gasteiger partial charge on any atom is 0.133 e. The molecule has 1 atom stereocenters. The lowest BCUT2D eigenvalue weighted by molar-refractivity contribution is -0.119. The van der Waals surface area contributed by atoms with Crippen molar-refractivity contribution in [2.75, 3.05) is 0 Å². The molecule has 2 rings (SSSR count). The number of halogens is 2. The molecule has 0 saturated heterocycles. The third kappa shape index (κ3) is 2.46. The second-order valence-electron chi connectivity index (χ2n) is 4.35. The molecule has 0 radical (unpaired) electrons. The summed E-state index contributed by atoms with van der Waals surface area (Å²) in [7, 11) is 0. The van der Waals surface area contributed by atoms with Crippen molar-refractivity contribution in [3.05, 3.63) is 35.4 Å². The van der Waals surface area contributed by atoms with E-state index in [1.807, 2.05) is 0 Å². The predicted octanol–water partition coefficient (Wildman–Crippen LogP) is 3.58. The minimum atomic E-state index is -0.437. The van der Waals surface area contributed by atoms with Crippen LogP contribution in [-0.2, 0) is 4.79 Å². The van der Waals surface area contributed by atoms with E-state index < -0.39 is 11.6 Å². The molecule has 1 aromatic rings. The largest absolute Gasteiger partial charge is 0.300 e. The first-order valence-electron chi connectivity index (χ1n) is 5.63. The Morgan fingerprint density at radius 1 is 1.19 bits per heavy atom. The van der Waals surface area contributed by atoms with Crippen molar-refractivity contribution in [1.29, 1.82) is 0 Å². The molecule has 0 N–H and O–H groups in total. The molecule has 0 bridgehead atoms. The van der Waals surface area contributed by atoms with Crippen LogP contribution in [0.5, 0.6) is 0 Å². The Labute approximate surface area is 93.5 Å². The molecule has 1 saturated carbocycles. The molecule has 0 aliphatic heterocycles. The summed E-state index contributed by atoms with van der Waals surface area (Å²) in [4.78, 5) is 11.4. The van der Waals surface area contributed by atoms with Crippen molar-refractivity contribution >= 4 is 5.78 Å². The van der Waals surface area contributed by atoms with Gasteiger partial charge in [0.05, 0.1) is 0 Å². The van der Waals surface area contributed by atoms with Crippen LogP contribution in [0.25, 0.3) is 0 Å². The van der Waals surface area contributed by atoms with E-state index in [4.69, 9.17) is 0 Å². The highest BCUT2D eigenvalue weighted by Gasteiger charge is 2.22. The third-order valence-corrected chi connectivity index (χ3v) is 3.13. The van der Waals surface area contributed by atoms with Crippen LogP contribution in [-0.4, -0.2) is 5.78 Å². The smallest absolute Gasteiger partial charge is 0.133 e. The second-order valence-corrected chi connectivity index (χ2v) is 4.35. The van der Waals surface area contributed by atoms with Crippen LogP contribution >= 0.6 is 0 Å². The van der Waals surface area contributed by atoms with Gasteiger partial charge in [0.15, 0.2) is 0 Å². The summed E-state index contributed by atoms with van der Waals surface area (Å²) in [6, 6.07) is 3.47. The fourth-order valence-corrected chi connectivity index (χ4v) is 2.28. The van der Waals surface area contributed by atoms with Crippen molar-refractivity contribution in [2.24, 2.45) is 0 Å². The zero-order valence-electron chi connectivity index (χ0n) is 9.01. The van der Waals surface area contributed by atoms with Gasteiger partial charge in [-0.3, -0.25) is 4.79 Å². The van der Waals surface area contributed by atoms with Crippen LogP contribution in [0, 0.1) is 11.6 Å². The summed E-state index contributed by atoms with van der Waals surface area (Å²) in [5.41, 5.74) is 0.357. The lowest BCUT2D eigenvalue weighted by Gasteiger charge is -2.14. The van der Waals surface area contributed by atoms with Crippen molar-refractivity contribution in [1.82, 2.24) is 0 Å². The molecular weight excluding hydrogens is 210 g/mol. The van der Waals surface area contributed by atoms with E-state index in [2.05, 4.69) is 0 Å². The van der Waals surface area contributed by atoms with Crippen LogP contribution in [0.4, 0.5) is 8.78 Å². The number of benzene rings is 1. The lowest BCUT2D eigenvalue weighted by atomic mass is 9.91. The Balaban J connectivity index is 2.27. The van der Waals surface area contributed by atoms with Gasteiger partial charge in [0.25, 0.3) is 0 Å². The number of hydrogen-bond donors (Lipinski definition) is 0. The van der Waals surface area contributed by atoms with Gasteiger partial charge in [0.1, 0.15) is 17.4 Å². The van der Waals surface area contributed by atoms with E-state index in [-0.39, 0.29) is 11.7 Å². The van der Waals surface area contributed by atoms with E-state index in [0.29, 0.717) is 18.4 Å². The Morgan fingerprint density at radius 2 is 2.00 bits per heavy atom. The Bertz CT molecular complexity index is 401. The molecule has 0 aromatic heterocycles. The summed E-state index contributed by atoms with van der Waals surface area (Å²) in [6.45, 7) is 0. The van der Waals surface area contributed by atoms with E-state index in [1.165, 1.54) is 6.07 Å². The molecule has 3 heteroatoms. The van der Waals surface area contributed by atoms with Gasteiger partial charge in [-0.15, -0.1) is 0 Å². The third-order valence-electron chi connectivity index (χ3n) is 3.13. The molecule has 1 aromatic carbocycles. The Morgan fingerprint density at radius 3 is 2.81 bits per heavy atom. The van der Waals surface area contributed by atoms with E-state index >= 15 is 0 Å². The first-order valence-corrected chi connectivity index (χ1v) is 5.63. The van der Waals surface area contributed by atoms with Crippen LogP contribution in [0.3, 0.4) is 0 Å². The maximum absolute atomic E-state index is 13.5. The number of carbonyl (C=O) groups excluding carboxylic acids is 1. The topological polar surface area (TPSA) is 17.1 Å². The number of carbonyl (C=O) groups is 1. The maximum atomic E-state index is 13.5. The van der Waals surface area contributed by atoms with Gasteiger partial charge >= 0.3 is 0 Å². The van der Waals surface area contributed by atoms with Crippen molar-refractivity contribution < 1.29 is 13.6 Å². The second kappa shape index (κ2) is 4.73. The summed E-state index contributed by atoms with van der Waals surface area (Å²) in [6.07, 6.45) is 3.47. The molecule has 16 heavy (non-hydrogen) atoms. The summed E-state index contributed by atoms with van der Waals surface area (Å²) in [5.74, 6) is -0.828. The summed E-state index contributed by atoms with van der Waals surface area (Å²) >= 11 is 0. The Hall–Kier alpha value is -1.25. The van der Waals surface area contributed by atoms with E-state index in [0.717, 1.165) is 31.4 Å². The molecule has 1 fully saturated rings. The van der Waals surface area contributed by atoms with Gasteiger partial charge in [0, 0.05) is 12.8 Å². The van der Waals surface area contributed by atoms with Crippen LogP contribution in [0.2, 0.25) is 0 Å². The Kier molecular flexibility index (Phi) is 3.32. The fourth-order valence-electron chi connectivity index (χ4n) is 2.28. The normalized spacial score (nSPS) is 21.9. The van der Waals surface area contributed by atoms with E-state index in [1.54, 1.807) is 0 Å². The van der Waals surface area contributed by atoms with Gasteiger partial charge in [-0.2, -0.15) is 0 Å². The van der Waals surface area contributed by atoms with Gasteiger partial charge in [0.2, 0.25) is 0 Å².